The van der Waals surface area contributed by atoms with E-state index in [0.717, 1.165) is 4.40 Å². The molecule has 0 nitrogen and oxygen atoms in total. The molecule has 1 radical (unpaired) electrons. The maximum Gasteiger partial charge on any atom is 0.0527 e. The molecule has 145 valence electrons. The van der Waals surface area contributed by atoms with Crippen LogP contribution in [0.2, 0.25) is 58.9 Å². The van der Waals surface area contributed by atoms with Crippen LogP contribution in [0.4, 0.5) is 0 Å². The van der Waals surface area contributed by atoms with Crippen LogP contribution in [0, 0.1) is 5.92 Å². The number of hydrogen-bond donors (Lipinski definition) is 0. The van der Waals surface area contributed by atoms with E-state index in [9.17, 15) is 0 Å². The van der Waals surface area contributed by atoms with Crippen molar-refractivity contribution >= 4 is 32.8 Å². The molecule has 2 atom stereocenters. The van der Waals surface area contributed by atoms with Crippen molar-refractivity contribution in [2.45, 2.75) is 103 Å². The lowest BCUT2D eigenvalue weighted by molar-refractivity contribution is 1.14. The number of rotatable bonds is 3. The smallest absolute Gasteiger partial charge is 0.0527 e. The summed E-state index contributed by atoms with van der Waals surface area (Å²) >= 11 is 0. The highest BCUT2D eigenvalue weighted by Crippen LogP contribution is 2.71. The van der Waals surface area contributed by atoms with Crippen LogP contribution in [0.25, 0.3) is 0 Å². The van der Waals surface area contributed by atoms with Gasteiger partial charge in [-0.1, -0.05) is 77.0 Å². The van der Waals surface area contributed by atoms with Crippen molar-refractivity contribution in [3.05, 3.63) is 28.2 Å². The SMILES string of the molecule is C[C]1C(C)=C(C)C(C)=C1C.C[Si](C)(C)C1PC1([Si](C)(C)C)[Si](C)(C)C. The van der Waals surface area contributed by atoms with Gasteiger partial charge in [-0.15, -0.1) is 8.58 Å². The summed E-state index contributed by atoms with van der Waals surface area (Å²) in [6, 6.07) is 0. The molecular weight excluding hydrogens is 367 g/mol. The fourth-order valence-electron chi connectivity index (χ4n) is 4.88. The first-order valence-corrected chi connectivity index (χ1v) is 21.5. The third-order valence-electron chi connectivity index (χ3n) is 6.77. The van der Waals surface area contributed by atoms with Crippen LogP contribution in [0.1, 0.15) is 34.6 Å². The second-order valence-corrected chi connectivity index (χ2v) is 31.0. The summed E-state index contributed by atoms with van der Waals surface area (Å²) in [6.07, 6.45) is 0. The summed E-state index contributed by atoms with van der Waals surface area (Å²) in [5.41, 5.74) is 5.87. The minimum atomic E-state index is -0.973. The molecule has 1 saturated heterocycles. The van der Waals surface area contributed by atoms with E-state index in [4.69, 9.17) is 0 Å². The largest absolute Gasteiger partial charge is 0.120 e. The molecule has 25 heavy (non-hydrogen) atoms. The van der Waals surface area contributed by atoms with E-state index < -0.39 is 24.2 Å². The van der Waals surface area contributed by atoms with E-state index in [1.165, 1.54) is 42.1 Å². The van der Waals surface area contributed by atoms with E-state index in [-0.39, 0.29) is 0 Å². The van der Waals surface area contributed by atoms with Gasteiger partial charge in [-0.05, 0) is 48.5 Å². The first-order chi connectivity index (χ1) is 10.9. The molecule has 1 aliphatic carbocycles. The fourth-order valence-corrected chi connectivity index (χ4v) is 34.0. The molecule has 0 aromatic heterocycles. The van der Waals surface area contributed by atoms with Crippen LogP contribution in [-0.4, -0.2) is 33.9 Å². The zero-order chi connectivity index (χ0) is 20.2. The molecule has 0 bridgehead atoms. The molecule has 1 aliphatic heterocycles. The van der Waals surface area contributed by atoms with Crippen LogP contribution >= 0.6 is 8.58 Å². The van der Waals surface area contributed by atoms with Gasteiger partial charge in [0, 0.05) is 5.92 Å². The maximum absolute atomic E-state index is 2.62. The minimum absolute atomic E-state index is 0.893. The van der Waals surface area contributed by atoms with Crippen LogP contribution in [0.15, 0.2) is 22.3 Å². The van der Waals surface area contributed by atoms with Gasteiger partial charge in [-0.25, -0.2) is 0 Å². The van der Waals surface area contributed by atoms with E-state index >= 15 is 0 Å². The third-order valence-corrected chi connectivity index (χ3v) is 29.7. The molecular formula is C21H44PSi3. The van der Waals surface area contributed by atoms with Crippen LogP contribution in [-0.2, 0) is 0 Å². The molecule has 4 heteroatoms. The Labute approximate surface area is 164 Å². The third kappa shape index (κ3) is 4.36. The first kappa shape index (κ1) is 23.6. The summed E-state index contributed by atoms with van der Waals surface area (Å²) in [5.74, 6) is 1.47. The van der Waals surface area contributed by atoms with Crippen molar-refractivity contribution in [3.8, 4) is 0 Å². The van der Waals surface area contributed by atoms with Crippen LogP contribution in [0.3, 0.4) is 0 Å². The van der Waals surface area contributed by atoms with Crippen molar-refractivity contribution < 1.29 is 0 Å². The predicted molar refractivity (Wildman–Crippen MR) is 131 cm³/mol. The molecule has 0 N–H and O–H groups in total. The molecule has 2 aliphatic rings. The van der Waals surface area contributed by atoms with Gasteiger partial charge < -0.3 is 0 Å². The summed E-state index contributed by atoms with van der Waals surface area (Å²) in [6.45, 7) is 34.5. The maximum atomic E-state index is 2.62. The van der Waals surface area contributed by atoms with Crippen molar-refractivity contribution in [3.63, 3.8) is 0 Å². The van der Waals surface area contributed by atoms with E-state index in [1.807, 2.05) is 0 Å². The minimum Gasteiger partial charge on any atom is -0.120 e. The molecule has 0 amide bonds. The quantitative estimate of drug-likeness (QED) is 0.330. The van der Waals surface area contributed by atoms with Crippen LogP contribution < -0.4 is 0 Å². The highest BCUT2D eigenvalue weighted by Gasteiger charge is 2.70. The average molecular weight is 412 g/mol. The second kappa shape index (κ2) is 7.18. The summed E-state index contributed by atoms with van der Waals surface area (Å²) < 4.78 is 0.893. The molecule has 0 aromatic rings. The van der Waals surface area contributed by atoms with E-state index in [1.54, 1.807) is 0 Å². The first-order valence-electron chi connectivity index (χ1n) is 9.87. The Morgan fingerprint density at radius 1 is 0.600 bits per heavy atom. The van der Waals surface area contributed by atoms with Gasteiger partial charge in [-0.3, -0.25) is 0 Å². The Hall–Kier alpha value is 0.561. The van der Waals surface area contributed by atoms with Crippen LogP contribution in [0.5, 0.6) is 0 Å². The van der Waals surface area contributed by atoms with Gasteiger partial charge in [0.25, 0.3) is 0 Å². The summed E-state index contributed by atoms with van der Waals surface area (Å²) in [4.78, 5) is 0. The average Bonchev–Trinajstić information content (AvgIpc) is 3.17. The summed E-state index contributed by atoms with van der Waals surface area (Å²) in [5, 5.41) is 1.17. The molecule has 1 heterocycles. The lowest BCUT2D eigenvalue weighted by Crippen LogP contribution is -2.61. The van der Waals surface area contributed by atoms with E-state index in [2.05, 4.69) is 93.5 Å². The van der Waals surface area contributed by atoms with Gasteiger partial charge in [0.05, 0.1) is 24.2 Å². The Bertz CT molecular complexity index is 542. The summed E-state index contributed by atoms with van der Waals surface area (Å²) in [7, 11) is -1.52. The standard InChI is InChI=1S/C11H29PSi3.C10H15/c1-13(2,3)10-11(12-10,14(4,5)6)15(7,8)9;1-6-7(2)9(4)10(5)8(6)3/h10,12H,1-9H3;1-5H3. The number of allylic oxidation sites excluding steroid dienone is 4. The van der Waals surface area contributed by atoms with Gasteiger partial charge >= 0.3 is 0 Å². The van der Waals surface area contributed by atoms with Gasteiger partial charge in [0.15, 0.2) is 0 Å². The lowest BCUT2D eigenvalue weighted by Gasteiger charge is -2.42. The molecule has 2 rings (SSSR count). The normalized spacial score (nSPS) is 25.4. The zero-order valence-electron chi connectivity index (χ0n) is 19.6. The fraction of sp³-hybridized carbons (Fsp3) is 0.762. The van der Waals surface area contributed by atoms with Crippen molar-refractivity contribution in [2.75, 3.05) is 0 Å². The monoisotopic (exact) mass is 411 g/mol. The van der Waals surface area contributed by atoms with Gasteiger partial charge in [0.2, 0.25) is 0 Å². The second-order valence-electron chi connectivity index (χ2n) is 11.4. The predicted octanol–water partition coefficient (Wildman–Crippen LogP) is 7.69. The Morgan fingerprint density at radius 2 is 0.920 bits per heavy atom. The molecule has 2 unspecified atom stereocenters. The van der Waals surface area contributed by atoms with Crippen molar-refractivity contribution in [1.29, 1.82) is 0 Å². The number of hydrogen-bond acceptors (Lipinski definition) is 0. The Balaban J connectivity index is 0.000000271. The highest BCUT2D eigenvalue weighted by molar-refractivity contribution is 7.66. The highest BCUT2D eigenvalue weighted by atomic mass is 31.1. The molecule has 0 saturated carbocycles. The van der Waals surface area contributed by atoms with Gasteiger partial charge in [0.1, 0.15) is 0 Å². The Kier molecular flexibility index (Phi) is 6.78. The molecule has 1 fully saturated rings. The molecule has 0 spiro atoms. The molecule has 0 aromatic carbocycles. The van der Waals surface area contributed by atoms with Crippen molar-refractivity contribution in [2.24, 2.45) is 0 Å². The lowest BCUT2D eigenvalue weighted by atomic mass is 10.00. The topological polar surface area (TPSA) is 0 Å². The van der Waals surface area contributed by atoms with Gasteiger partial charge in [-0.2, -0.15) is 0 Å². The van der Waals surface area contributed by atoms with E-state index in [0.29, 0.717) is 0 Å². The zero-order valence-corrected chi connectivity index (χ0v) is 23.6. The van der Waals surface area contributed by atoms with Crippen molar-refractivity contribution in [1.82, 2.24) is 0 Å². The Morgan fingerprint density at radius 3 is 1.00 bits per heavy atom.